The molecule has 1 unspecified atom stereocenters. The number of nitrogens with zero attached hydrogens (tertiary/aromatic N) is 2. The number of benzene rings is 3. The molecule has 3 aromatic carbocycles. The highest BCUT2D eigenvalue weighted by atomic mass is 32.1. The number of carbonyl (C=O) groups excluding carboxylic acids is 1. The highest BCUT2D eigenvalue weighted by Crippen LogP contribution is 2.42. The molecule has 46 heavy (non-hydrogen) atoms. The van der Waals surface area contributed by atoms with Gasteiger partial charge in [0.2, 0.25) is 0 Å². The van der Waals surface area contributed by atoms with Crippen LogP contribution < -0.4 is 9.47 Å². The van der Waals surface area contributed by atoms with Gasteiger partial charge >= 0.3 is 0 Å². The van der Waals surface area contributed by atoms with Crippen molar-refractivity contribution >= 4 is 27.2 Å². The van der Waals surface area contributed by atoms with Gasteiger partial charge in [-0.3, -0.25) is 14.6 Å². The van der Waals surface area contributed by atoms with Gasteiger partial charge in [-0.2, -0.15) is 0 Å². The zero-order valence-electron chi connectivity index (χ0n) is 26.4. The Kier molecular flexibility index (Phi) is 9.56. The molecule has 242 valence electrons. The minimum atomic E-state index is -0.511. The smallest absolute Gasteiger partial charge is 0.195 e. The number of carbonyl (C=O) groups is 1. The Morgan fingerprint density at radius 1 is 0.870 bits per heavy atom. The van der Waals surface area contributed by atoms with Gasteiger partial charge in [0, 0.05) is 38.7 Å². The molecule has 7 rings (SSSR count). The Morgan fingerprint density at radius 3 is 2.41 bits per heavy atom. The maximum absolute atomic E-state index is 15.7. The number of phenolic OH excluding ortho intramolecular Hbond substituents is 1. The summed E-state index contributed by atoms with van der Waals surface area (Å²) in [6, 6.07) is 17.8. The first-order valence-corrected chi connectivity index (χ1v) is 17.8. The number of piperidine rings is 1. The van der Waals surface area contributed by atoms with E-state index in [0.717, 1.165) is 78.3 Å². The molecule has 0 radical (unpaired) electrons. The van der Waals surface area contributed by atoms with Crippen molar-refractivity contribution in [3.05, 3.63) is 77.6 Å². The topological polar surface area (TPSA) is 62.2 Å². The number of fused-ring (bicyclic) bond motifs is 1. The number of ether oxygens (including phenoxy) is 2. The van der Waals surface area contributed by atoms with Crippen molar-refractivity contribution in [2.75, 3.05) is 39.3 Å². The van der Waals surface area contributed by atoms with E-state index in [-0.39, 0.29) is 28.9 Å². The lowest BCUT2D eigenvalue weighted by molar-refractivity contribution is 0.0242. The molecule has 1 saturated carbocycles. The summed E-state index contributed by atoms with van der Waals surface area (Å²) in [6.07, 6.45) is 10.4. The van der Waals surface area contributed by atoms with Crippen LogP contribution in [0.3, 0.4) is 0 Å². The van der Waals surface area contributed by atoms with Crippen LogP contribution in [-0.2, 0) is 0 Å². The molecule has 1 aromatic heterocycles. The highest BCUT2D eigenvalue weighted by molar-refractivity contribution is 7.22. The number of ketones is 1. The maximum Gasteiger partial charge on any atom is 0.195 e. The molecular weight excluding hydrogens is 599 g/mol. The quantitative estimate of drug-likeness (QED) is 0.176. The lowest BCUT2D eigenvalue weighted by Gasteiger charge is -2.41. The number of hydrogen-bond acceptors (Lipinski definition) is 7. The molecule has 3 fully saturated rings. The average molecular weight is 643 g/mol. The molecule has 1 N–H and O–H groups in total. The van der Waals surface area contributed by atoms with Crippen molar-refractivity contribution in [3.63, 3.8) is 0 Å². The van der Waals surface area contributed by atoms with E-state index in [1.807, 2.05) is 24.3 Å². The Hall–Kier alpha value is -3.46. The van der Waals surface area contributed by atoms with Crippen molar-refractivity contribution in [3.8, 4) is 27.7 Å². The van der Waals surface area contributed by atoms with Crippen LogP contribution in [-0.4, -0.2) is 72.2 Å². The van der Waals surface area contributed by atoms with Crippen molar-refractivity contribution in [2.45, 2.75) is 69.9 Å². The minimum absolute atomic E-state index is 0.0461. The van der Waals surface area contributed by atoms with Crippen LogP contribution in [0.1, 0.15) is 73.7 Å². The van der Waals surface area contributed by atoms with Crippen molar-refractivity contribution in [1.82, 2.24) is 9.80 Å². The summed E-state index contributed by atoms with van der Waals surface area (Å²) < 4.78 is 28.8. The Balaban J connectivity index is 1.12. The number of likely N-dealkylation sites (tertiary alicyclic amines) is 2. The molecular formula is C38H43FN2O4S. The molecule has 0 amide bonds. The van der Waals surface area contributed by atoms with E-state index in [1.54, 1.807) is 30.3 Å². The van der Waals surface area contributed by atoms with Crippen molar-refractivity contribution in [1.29, 1.82) is 0 Å². The monoisotopic (exact) mass is 642 g/mol. The molecule has 3 heterocycles. The fourth-order valence-corrected chi connectivity index (χ4v) is 8.68. The number of rotatable bonds is 10. The maximum atomic E-state index is 15.7. The summed E-state index contributed by atoms with van der Waals surface area (Å²) in [5.74, 6) is 0.369. The van der Waals surface area contributed by atoms with Gasteiger partial charge in [-0.25, -0.2) is 4.39 Å². The molecule has 0 spiro atoms. The third-order valence-electron chi connectivity index (χ3n) is 9.89. The normalized spacial score (nSPS) is 21.1. The first kappa shape index (κ1) is 31.2. The molecule has 4 aromatic rings. The van der Waals surface area contributed by atoms with Gasteiger partial charge in [0.15, 0.2) is 17.3 Å². The first-order valence-electron chi connectivity index (χ1n) is 17.0. The van der Waals surface area contributed by atoms with Gasteiger partial charge in [-0.15, -0.1) is 11.3 Å². The molecule has 2 atom stereocenters. The highest BCUT2D eigenvalue weighted by Gasteiger charge is 2.33. The number of halogens is 1. The fourth-order valence-electron chi connectivity index (χ4n) is 7.44. The van der Waals surface area contributed by atoms with E-state index < -0.39 is 5.82 Å². The van der Waals surface area contributed by atoms with Crippen LogP contribution in [0.2, 0.25) is 0 Å². The summed E-state index contributed by atoms with van der Waals surface area (Å²) in [5.41, 5.74) is 1.66. The van der Waals surface area contributed by atoms with Crippen LogP contribution in [0.5, 0.6) is 17.2 Å². The number of phenols is 1. The Morgan fingerprint density at radius 2 is 1.63 bits per heavy atom. The van der Waals surface area contributed by atoms with Gasteiger partial charge in [0.1, 0.15) is 24.2 Å². The summed E-state index contributed by atoms with van der Waals surface area (Å²) in [5, 5.41) is 10.9. The molecule has 6 nitrogen and oxygen atoms in total. The molecule has 8 heteroatoms. The average Bonchev–Trinajstić information content (AvgIpc) is 3.74. The standard InChI is InChI=1S/C38H43FN2O4S/c39-31-24-27(12-17-33(31)45-34-9-3-2-8-32(34)41-20-4-1-5-21-41)37(43)36-30-16-13-28(42)25-35(30)46-38(36)26-10-14-29(15-11-26)44-23-22-40-18-6-7-19-40/h10-17,24-25,32,34,42H,1-9,18-23H2/t32?,34-/m0/s1. The predicted molar refractivity (Wildman–Crippen MR) is 182 cm³/mol. The first-order chi connectivity index (χ1) is 22.5. The lowest BCUT2D eigenvalue weighted by Crippen LogP contribution is -2.49. The molecule has 1 aliphatic carbocycles. The summed E-state index contributed by atoms with van der Waals surface area (Å²) >= 11 is 1.45. The van der Waals surface area contributed by atoms with Gasteiger partial charge in [-0.05, 0) is 137 Å². The summed E-state index contributed by atoms with van der Waals surface area (Å²) in [7, 11) is 0. The SMILES string of the molecule is O=C(c1ccc(O[C@H]2CCCCC2N2CCCCC2)c(F)c1)c1c(-c2ccc(OCCN3CCCC3)cc2)sc2cc(O)ccc12. The van der Waals surface area contributed by atoms with E-state index in [4.69, 9.17) is 9.47 Å². The predicted octanol–water partition coefficient (Wildman–Crippen LogP) is 8.29. The van der Waals surface area contributed by atoms with Crippen LogP contribution in [0.15, 0.2) is 60.7 Å². The van der Waals surface area contributed by atoms with E-state index in [1.165, 1.54) is 55.9 Å². The Bertz CT molecular complexity index is 1660. The third kappa shape index (κ3) is 6.80. The van der Waals surface area contributed by atoms with Crippen molar-refractivity contribution < 1.29 is 23.8 Å². The third-order valence-corrected chi connectivity index (χ3v) is 11.1. The van der Waals surface area contributed by atoms with Crippen LogP contribution in [0.4, 0.5) is 4.39 Å². The minimum Gasteiger partial charge on any atom is -0.508 e. The molecule has 2 aliphatic heterocycles. The largest absolute Gasteiger partial charge is 0.508 e. The van der Waals surface area contributed by atoms with Gasteiger partial charge in [-0.1, -0.05) is 12.8 Å². The van der Waals surface area contributed by atoms with Gasteiger partial charge < -0.3 is 14.6 Å². The lowest BCUT2D eigenvalue weighted by atomic mass is 9.90. The molecule has 3 aliphatic rings. The zero-order valence-corrected chi connectivity index (χ0v) is 27.2. The molecule has 2 saturated heterocycles. The van der Waals surface area contributed by atoms with E-state index >= 15 is 4.39 Å². The zero-order chi connectivity index (χ0) is 31.5. The fraction of sp³-hybridized carbons (Fsp3) is 0.447. The van der Waals surface area contributed by atoms with E-state index in [2.05, 4.69) is 9.80 Å². The van der Waals surface area contributed by atoms with E-state index in [0.29, 0.717) is 18.2 Å². The van der Waals surface area contributed by atoms with Gasteiger partial charge in [0.25, 0.3) is 0 Å². The van der Waals surface area contributed by atoms with E-state index in [9.17, 15) is 9.90 Å². The Labute approximate surface area is 274 Å². The second-order valence-electron chi connectivity index (χ2n) is 13.0. The van der Waals surface area contributed by atoms with Gasteiger partial charge in [0.05, 0.1) is 0 Å². The van der Waals surface area contributed by atoms with Crippen LogP contribution in [0, 0.1) is 5.82 Å². The summed E-state index contributed by atoms with van der Waals surface area (Å²) in [4.78, 5) is 19.9. The second kappa shape index (κ2) is 14.1. The summed E-state index contributed by atoms with van der Waals surface area (Å²) in [6.45, 7) is 6.00. The van der Waals surface area contributed by atoms with Crippen LogP contribution >= 0.6 is 11.3 Å². The van der Waals surface area contributed by atoms with Crippen LogP contribution in [0.25, 0.3) is 20.5 Å². The molecule has 0 bridgehead atoms. The number of hydrogen-bond donors (Lipinski definition) is 1. The second-order valence-corrected chi connectivity index (χ2v) is 14.0. The van der Waals surface area contributed by atoms with Crippen molar-refractivity contribution in [2.24, 2.45) is 0 Å². The number of thiophene rings is 1. The number of aromatic hydroxyl groups is 1.